The van der Waals surface area contributed by atoms with Gasteiger partial charge in [0.25, 0.3) is 0 Å². The molecule has 152 valence electrons. The number of ether oxygens (including phenoxy) is 1. The number of piperazine rings is 1. The Morgan fingerprint density at radius 3 is 2.82 bits per heavy atom. The third kappa shape index (κ3) is 5.38. The van der Waals surface area contributed by atoms with Gasteiger partial charge in [-0.1, -0.05) is 18.2 Å². The number of benzene rings is 1. The maximum absolute atomic E-state index is 9.69. The third-order valence-corrected chi connectivity index (χ3v) is 5.18. The number of furan rings is 1. The van der Waals surface area contributed by atoms with Crippen molar-refractivity contribution in [1.29, 1.82) is 0 Å². The van der Waals surface area contributed by atoms with E-state index in [1.54, 1.807) is 13.2 Å². The predicted molar refractivity (Wildman–Crippen MR) is 109 cm³/mol. The molecule has 1 aromatic heterocycles. The Bertz CT molecular complexity index is 787. The Balaban J connectivity index is 1.56. The minimum absolute atomic E-state index is 0.148. The van der Waals surface area contributed by atoms with Crippen LogP contribution in [0.15, 0.2) is 40.8 Å². The summed E-state index contributed by atoms with van der Waals surface area (Å²) < 4.78 is 10.9. The van der Waals surface area contributed by atoms with Crippen molar-refractivity contribution in [3.8, 4) is 11.5 Å². The van der Waals surface area contributed by atoms with E-state index >= 15 is 0 Å². The van der Waals surface area contributed by atoms with Gasteiger partial charge in [-0.15, -0.1) is 0 Å². The molecule has 2 heterocycles. The first-order valence-electron chi connectivity index (χ1n) is 9.75. The highest BCUT2D eigenvalue weighted by atomic mass is 16.5. The molecule has 28 heavy (non-hydrogen) atoms. The lowest BCUT2D eigenvalue weighted by atomic mass is 10.1. The number of hydrogen-bond donors (Lipinski definition) is 2. The standard InChI is InChI=1S/C22H30N2O4/c1-17-5-7-20(28-17)16-24-12-11-23(15-19(24)9-13-25)10-3-4-18-6-8-21(26)22(14-18)27-2/h3-8,14,19,25-26H,9-13,15-16H2,1-2H3/b4-3+/t19-/m0/s1. The zero-order chi connectivity index (χ0) is 19.9. The fraction of sp³-hybridized carbons (Fsp3) is 0.455. The van der Waals surface area contributed by atoms with Gasteiger partial charge in [0.15, 0.2) is 11.5 Å². The second-order valence-electron chi connectivity index (χ2n) is 7.24. The first-order chi connectivity index (χ1) is 13.6. The second kappa shape index (κ2) is 9.78. The molecule has 2 N–H and O–H groups in total. The van der Waals surface area contributed by atoms with Crippen molar-refractivity contribution in [3.63, 3.8) is 0 Å². The highest BCUT2D eigenvalue weighted by molar-refractivity contribution is 5.55. The number of phenols is 1. The van der Waals surface area contributed by atoms with Crippen LogP contribution in [0.5, 0.6) is 11.5 Å². The van der Waals surface area contributed by atoms with Crippen LogP contribution >= 0.6 is 0 Å². The smallest absolute Gasteiger partial charge is 0.161 e. The van der Waals surface area contributed by atoms with Crippen LogP contribution in [0, 0.1) is 6.92 Å². The molecule has 0 saturated carbocycles. The highest BCUT2D eigenvalue weighted by Gasteiger charge is 2.26. The molecule has 0 radical (unpaired) electrons. The number of phenolic OH excluding ortho intramolecular Hbond substituents is 1. The van der Waals surface area contributed by atoms with Gasteiger partial charge in [0.05, 0.1) is 13.7 Å². The zero-order valence-electron chi connectivity index (χ0n) is 16.7. The van der Waals surface area contributed by atoms with Crippen molar-refractivity contribution in [2.45, 2.75) is 25.9 Å². The number of aryl methyl sites for hydroxylation is 1. The van der Waals surface area contributed by atoms with Gasteiger partial charge in [0.1, 0.15) is 11.5 Å². The number of aromatic hydroxyl groups is 1. The zero-order valence-corrected chi connectivity index (χ0v) is 16.7. The molecule has 6 nitrogen and oxygen atoms in total. The van der Waals surface area contributed by atoms with Gasteiger partial charge in [-0.3, -0.25) is 9.80 Å². The van der Waals surface area contributed by atoms with E-state index in [4.69, 9.17) is 9.15 Å². The number of aliphatic hydroxyl groups excluding tert-OH is 1. The van der Waals surface area contributed by atoms with Crippen molar-refractivity contribution < 1.29 is 19.4 Å². The van der Waals surface area contributed by atoms with Crippen molar-refractivity contribution in [2.24, 2.45) is 0 Å². The molecule has 1 fully saturated rings. The molecule has 0 amide bonds. The van der Waals surface area contributed by atoms with Crippen molar-refractivity contribution in [2.75, 3.05) is 39.9 Å². The van der Waals surface area contributed by atoms with Gasteiger partial charge in [-0.25, -0.2) is 0 Å². The lowest BCUT2D eigenvalue weighted by molar-refractivity contribution is 0.0547. The summed E-state index contributed by atoms with van der Waals surface area (Å²) in [7, 11) is 1.55. The van der Waals surface area contributed by atoms with Gasteiger partial charge in [-0.2, -0.15) is 0 Å². The van der Waals surface area contributed by atoms with Gasteiger partial charge in [0.2, 0.25) is 0 Å². The molecule has 0 unspecified atom stereocenters. The molecular weight excluding hydrogens is 356 g/mol. The molecule has 0 spiro atoms. The van der Waals surface area contributed by atoms with E-state index in [0.717, 1.165) is 56.2 Å². The fourth-order valence-corrected chi connectivity index (χ4v) is 3.66. The summed E-state index contributed by atoms with van der Waals surface area (Å²) in [5.74, 6) is 2.54. The first kappa shape index (κ1) is 20.5. The number of hydrogen-bond acceptors (Lipinski definition) is 6. The van der Waals surface area contributed by atoms with E-state index in [0.29, 0.717) is 11.8 Å². The number of nitrogens with zero attached hydrogens (tertiary/aromatic N) is 2. The van der Waals surface area contributed by atoms with Crippen LogP contribution in [0.2, 0.25) is 0 Å². The lowest BCUT2D eigenvalue weighted by Crippen LogP contribution is -2.52. The summed E-state index contributed by atoms with van der Waals surface area (Å²) in [6.45, 7) is 6.63. The molecule has 0 bridgehead atoms. The topological polar surface area (TPSA) is 69.3 Å². The Hall–Kier alpha value is -2.28. The quantitative estimate of drug-likeness (QED) is 0.727. The maximum Gasteiger partial charge on any atom is 0.161 e. The van der Waals surface area contributed by atoms with Crippen LogP contribution in [-0.2, 0) is 6.54 Å². The molecule has 1 aromatic carbocycles. The Morgan fingerprint density at radius 1 is 1.25 bits per heavy atom. The van der Waals surface area contributed by atoms with Gasteiger partial charge >= 0.3 is 0 Å². The van der Waals surface area contributed by atoms with Crippen LogP contribution in [0.1, 0.15) is 23.5 Å². The van der Waals surface area contributed by atoms with E-state index in [2.05, 4.69) is 15.9 Å². The van der Waals surface area contributed by atoms with E-state index in [9.17, 15) is 10.2 Å². The number of aliphatic hydroxyl groups is 1. The summed E-state index contributed by atoms with van der Waals surface area (Å²) in [6, 6.07) is 9.68. The average Bonchev–Trinajstić information content (AvgIpc) is 3.10. The molecule has 2 aromatic rings. The Labute approximate surface area is 166 Å². The minimum atomic E-state index is 0.148. The maximum atomic E-state index is 9.69. The van der Waals surface area contributed by atoms with E-state index in [-0.39, 0.29) is 12.4 Å². The largest absolute Gasteiger partial charge is 0.504 e. The highest BCUT2D eigenvalue weighted by Crippen LogP contribution is 2.26. The van der Waals surface area contributed by atoms with Gasteiger partial charge < -0.3 is 19.4 Å². The summed E-state index contributed by atoms with van der Waals surface area (Å²) >= 11 is 0. The van der Waals surface area contributed by atoms with E-state index in [1.807, 2.05) is 37.3 Å². The molecule has 0 aliphatic carbocycles. The fourth-order valence-electron chi connectivity index (χ4n) is 3.66. The molecule has 1 aliphatic heterocycles. The van der Waals surface area contributed by atoms with Crippen molar-refractivity contribution in [3.05, 3.63) is 53.5 Å². The van der Waals surface area contributed by atoms with Crippen molar-refractivity contribution >= 4 is 6.08 Å². The molecule has 1 saturated heterocycles. The van der Waals surface area contributed by atoms with Gasteiger partial charge in [0, 0.05) is 38.8 Å². The molecule has 3 rings (SSSR count). The lowest BCUT2D eigenvalue weighted by Gasteiger charge is -2.40. The SMILES string of the molecule is COc1cc(/C=C/CN2CCN(Cc3ccc(C)o3)[C@@H](CCO)C2)ccc1O. The molecule has 1 atom stereocenters. The molecule has 1 aliphatic rings. The summed E-state index contributed by atoms with van der Waals surface area (Å²) in [4.78, 5) is 4.80. The van der Waals surface area contributed by atoms with Crippen LogP contribution in [0.4, 0.5) is 0 Å². The summed E-state index contributed by atoms with van der Waals surface area (Å²) in [5, 5.41) is 19.2. The van der Waals surface area contributed by atoms with E-state index in [1.165, 1.54) is 0 Å². The molecular formula is C22H30N2O4. The van der Waals surface area contributed by atoms with Crippen LogP contribution in [0.25, 0.3) is 6.08 Å². The monoisotopic (exact) mass is 386 g/mol. The Kier molecular flexibility index (Phi) is 7.14. The number of rotatable bonds is 8. The predicted octanol–water partition coefficient (Wildman–Crippen LogP) is 2.88. The second-order valence-corrected chi connectivity index (χ2v) is 7.24. The summed E-state index contributed by atoms with van der Waals surface area (Å²) in [5.41, 5.74) is 0.994. The van der Waals surface area contributed by atoms with Crippen LogP contribution < -0.4 is 4.74 Å². The summed E-state index contributed by atoms with van der Waals surface area (Å²) in [6.07, 6.45) is 4.93. The van der Waals surface area contributed by atoms with Crippen LogP contribution in [-0.4, -0.2) is 66.0 Å². The van der Waals surface area contributed by atoms with Crippen molar-refractivity contribution in [1.82, 2.24) is 9.80 Å². The minimum Gasteiger partial charge on any atom is -0.504 e. The average molecular weight is 386 g/mol. The van der Waals surface area contributed by atoms with E-state index < -0.39 is 0 Å². The third-order valence-electron chi connectivity index (χ3n) is 5.18. The Morgan fingerprint density at radius 2 is 2.11 bits per heavy atom. The van der Waals surface area contributed by atoms with Crippen LogP contribution in [0.3, 0.4) is 0 Å². The first-order valence-corrected chi connectivity index (χ1v) is 9.75. The molecule has 6 heteroatoms. The normalized spacial score (nSPS) is 18.8. The number of methoxy groups -OCH3 is 1. The van der Waals surface area contributed by atoms with Gasteiger partial charge in [-0.05, 0) is 43.2 Å².